The van der Waals surface area contributed by atoms with E-state index < -0.39 is 12.1 Å². The number of benzene rings is 1. The first kappa shape index (κ1) is 19.4. The lowest BCUT2D eigenvalue weighted by Crippen LogP contribution is -2.53. The molecule has 0 saturated carbocycles. The lowest BCUT2D eigenvalue weighted by atomic mass is 9.80. The predicted octanol–water partition coefficient (Wildman–Crippen LogP) is 4.06. The Balaban J connectivity index is 2.22. The second-order valence-electron chi connectivity index (χ2n) is 7.25. The average Bonchev–Trinajstić information content (AvgIpc) is 2.54. The molecule has 1 aliphatic rings. The Morgan fingerprint density at radius 2 is 2.00 bits per heavy atom. The Kier molecular flexibility index (Phi) is 5.83. The van der Waals surface area contributed by atoms with Gasteiger partial charge in [0.25, 0.3) is 0 Å². The van der Waals surface area contributed by atoms with Crippen molar-refractivity contribution in [2.24, 2.45) is 5.41 Å². The number of carbonyl (C=O) groups excluding carboxylic acids is 1. The first-order valence-electron chi connectivity index (χ1n) is 8.17. The fourth-order valence-corrected chi connectivity index (χ4v) is 3.32. The predicted molar refractivity (Wildman–Crippen MR) is 94.4 cm³/mol. The highest BCUT2D eigenvalue weighted by atomic mass is 35.5. The summed E-state index contributed by atoms with van der Waals surface area (Å²) in [6.45, 7) is 6.43. The number of carbonyl (C=O) groups is 2. The van der Waals surface area contributed by atoms with Crippen LogP contribution in [0.15, 0.2) is 18.2 Å². The van der Waals surface area contributed by atoms with Gasteiger partial charge in [0.05, 0.1) is 7.11 Å². The van der Waals surface area contributed by atoms with Crippen molar-refractivity contribution >= 4 is 23.7 Å². The molecule has 6 nitrogen and oxygen atoms in total. The number of halogens is 1. The first-order chi connectivity index (χ1) is 11.6. The number of likely N-dealkylation sites (tertiary alicyclic amines) is 1. The SMILES string of the molecule is COC(=O)c1cc(Cl)ccc1OC1CCN(C(=O)O)C(C(C)(C)C)C1. The highest BCUT2D eigenvalue weighted by molar-refractivity contribution is 6.31. The highest BCUT2D eigenvalue weighted by Gasteiger charge is 2.39. The molecule has 7 heteroatoms. The van der Waals surface area contributed by atoms with Crippen molar-refractivity contribution in [1.29, 1.82) is 0 Å². The molecule has 2 rings (SSSR count). The van der Waals surface area contributed by atoms with Crippen LogP contribution in [0.5, 0.6) is 5.75 Å². The molecule has 0 spiro atoms. The lowest BCUT2D eigenvalue weighted by Gasteiger charge is -2.44. The van der Waals surface area contributed by atoms with Gasteiger partial charge in [0.15, 0.2) is 0 Å². The minimum Gasteiger partial charge on any atom is -0.489 e. The van der Waals surface area contributed by atoms with Gasteiger partial charge in [0, 0.05) is 30.5 Å². The van der Waals surface area contributed by atoms with Crippen LogP contribution in [-0.2, 0) is 4.74 Å². The van der Waals surface area contributed by atoms with Gasteiger partial charge in [-0.15, -0.1) is 0 Å². The number of methoxy groups -OCH3 is 1. The third-order valence-corrected chi connectivity index (χ3v) is 4.68. The van der Waals surface area contributed by atoms with E-state index in [1.165, 1.54) is 18.1 Å². The van der Waals surface area contributed by atoms with E-state index in [9.17, 15) is 14.7 Å². The minimum absolute atomic E-state index is 0.169. The van der Waals surface area contributed by atoms with E-state index in [1.54, 1.807) is 12.1 Å². The summed E-state index contributed by atoms with van der Waals surface area (Å²) in [5, 5.41) is 9.85. The summed E-state index contributed by atoms with van der Waals surface area (Å²) >= 11 is 5.96. The maximum absolute atomic E-state index is 11.9. The van der Waals surface area contributed by atoms with Gasteiger partial charge < -0.3 is 19.5 Å². The number of ether oxygens (including phenoxy) is 2. The molecule has 1 aliphatic heterocycles. The molecule has 1 amide bonds. The summed E-state index contributed by atoms with van der Waals surface area (Å²) in [5.74, 6) is -0.120. The minimum atomic E-state index is -0.917. The van der Waals surface area contributed by atoms with Crippen LogP contribution in [0.2, 0.25) is 5.02 Å². The van der Waals surface area contributed by atoms with E-state index in [4.69, 9.17) is 21.1 Å². The van der Waals surface area contributed by atoms with Crippen molar-refractivity contribution in [1.82, 2.24) is 4.90 Å². The molecule has 1 aromatic carbocycles. The summed E-state index contributed by atoms with van der Waals surface area (Å²) in [7, 11) is 1.30. The van der Waals surface area contributed by atoms with E-state index >= 15 is 0 Å². The van der Waals surface area contributed by atoms with Gasteiger partial charge in [-0.05, 0) is 23.6 Å². The molecular weight excluding hydrogens is 346 g/mol. The standard InChI is InChI=1S/C18H24ClNO5/c1-18(2,3)15-10-12(7-8-20(15)17(22)23)25-14-6-5-11(19)9-13(14)16(21)24-4/h5-6,9,12,15H,7-8,10H2,1-4H3,(H,22,23). The van der Waals surface area contributed by atoms with Crippen molar-refractivity contribution in [3.05, 3.63) is 28.8 Å². The van der Waals surface area contributed by atoms with Crippen molar-refractivity contribution in [3.63, 3.8) is 0 Å². The molecule has 2 atom stereocenters. The van der Waals surface area contributed by atoms with E-state index in [0.29, 0.717) is 30.2 Å². The Hall–Kier alpha value is -1.95. The Bertz CT molecular complexity index is 655. The van der Waals surface area contributed by atoms with E-state index in [0.717, 1.165) is 0 Å². The van der Waals surface area contributed by atoms with Crippen LogP contribution in [0.3, 0.4) is 0 Å². The second kappa shape index (κ2) is 7.52. The van der Waals surface area contributed by atoms with Crippen LogP contribution in [-0.4, -0.2) is 47.9 Å². The largest absolute Gasteiger partial charge is 0.489 e. The molecule has 0 bridgehead atoms. The maximum atomic E-state index is 11.9. The van der Waals surface area contributed by atoms with Crippen molar-refractivity contribution in [3.8, 4) is 5.75 Å². The van der Waals surface area contributed by atoms with Crippen LogP contribution < -0.4 is 4.74 Å². The average molecular weight is 370 g/mol. The van der Waals surface area contributed by atoms with E-state index in [-0.39, 0.29) is 23.1 Å². The van der Waals surface area contributed by atoms with Gasteiger partial charge in [-0.1, -0.05) is 32.4 Å². The lowest BCUT2D eigenvalue weighted by molar-refractivity contribution is 0.0125. The molecule has 1 aromatic rings. The molecule has 2 unspecified atom stereocenters. The first-order valence-corrected chi connectivity index (χ1v) is 8.55. The van der Waals surface area contributed by atoms with Gasteiger partial charge in [-0.3, -0.25) is 0 Å². The quantitative estimate of drug-likeness (QED) is 0.813. The number of amides is 1. The number of esters is 1. The summed E-state index contributed by atoms with van der Waals surface area (Å²) in [5.41, 5.74) is 0.0500. The monoisotopic (exact) mass is 369 g/mol. The molecule has 0 aromatic heterocycles. The number of nitrogens with zero attached hydrogens (tertiary/aromatic N) is 1. The highest BCUT2D eigenvalue weighted by Crippen LogP contribution is 2.34. The molecule has 25 heavy (non-hydrogen) atoms. The third-order valence-electron chi connectivity index (χ3n) is 4.44. The van der Waals surface area contributed by atoms with Gasteiger partial charge in [0.2, 0.25) is 0 Å². The zero-order chi connectivity index (χ0) is 18.8. The zero-order valence-corrected chi connectivity index (χ0v) is 15.7. The molecule has 138 valence electrons. The number of hydrogen-bond acceptors (Lipinski definition) is 4. The Morgan fingerprint density at radius 1 is 1.32 bits per heavy atom. The van der Waals surface area contributed by atoms with Gasteiger partial charge >= 0.3 is 12.1 Å². The van der Waals surface area contributed by atoms with Gasteiger partial charge in [-0.25, -0.2) is 9.59 Å². The number of rotatable bonds is 3. The molecule has 1 N–H and O–H groups in total. The van der Waals surface area contributed by atoms with Crippen molar-refractivity contribution in [2.45, 2.75) is 45.8 Å². The maximum Gasteiger partial charge on any atom is 0.407 e. The molecule has 1 heterocycles. The van der Waals surface area contributed by atoms with Crippen molar-refractivity contribution < 1.29 is 24.2 Å². The molecular formula is C18H24ClNO5. The molecule has 0 aliphatic carbocycles. The summed E-state index contributed by atoms with van der Waals surface area (Å²) < 4.78 is 10.8. The second-order valence-corrected chi connectivity index (χ2v) is 7.69. The van der Waals surface area contributed by atoms with Crippen molar-refractivity contribution in [2.75, 3.05) is 13.7 Å². The fourth-order valence-electron chi connectivity index (χ4n) is 3.14. The summed E-state index contributed by atoms with van der Waals surface area (Å²) in [4.78, 5) is 24.9. The van der Waals surface area contributed by atoms with E-state index in [2.05, 4.69) is 0 Å². The topological polar surface area (TPSA) is 76.1 Å². The van der Waals surface area contributed by atoms with Gasteiger partial charge in [0.1, 0.15) is 17.4 Å². The normalized spacial score (nSPS) is 20.9. The smallest absolute Gasteiger partial charge is 0.407 e. The van der Waals surface area contributed by atoms with Crippen LogP contribution in [0.4, 0.5) is 4.79 Å². The summed E-state index contributed by atoms with van der Waals surface area (Å²) in [6, 6.07) is 4.63. The van der Waals surface area contributed by atoms with E-state index in [1.807, 2.05) is 20.8 Å². The Labute approximate surface area is 152 Å². The molecule has 1 saturated heterocycles. The molecule has 0 radical (unpaired) electrons. The zero-order valence-electron chi connectivity index (χ0n) is 14.9. The Morgan fingerprint density at radius 3 is 2.56 bits per heavy atom. The van der Waals surface area contributed by atoms with Crippen LogP contribution in [0, 0.1) is 5.41 Å². The number of piperidine rings is 1. The number of hydrogen-bond donors (Lipinski definition) is 1. The van der Waals surface area contributed by atoms with Crippen LogP contribution >= 0.6 is 11.6 Å². The van der Waals surface area contributed by atoms with Crippen LogP contribution in [0.25, 0.3) is 0 Å². The third kappa shape index (κ3) is 4.57. The van der Waals surface area contributed by atoms with Gasteiger partial charge in [-0.2, -0.15) is 0 Å². The fraction of sp³-hybridized carbons (Fsp3) is 0.556. The van der Waals surface area contributed by atoms with Crippen LogP contribution in [0.1, 0.15) is 44.0 Å². The number of carboxylic acid groups (broad SMARTS) is 1. The summed E-state index contributed by atoms with van der Waals surface area (Å²) in [6.07, 6.45) is 0.00534. The molecule has 1 fully saturated rings.